The molecule has 17 heavy (non-hydrogen) atoms. The summed E-state index contributed by atoms with van der Waals surface area (Å²) in [7, 11) is 0. The van der Waals surface area contributed by atoms with Gasteiger partial charge in [-0.1, -0.05) is 0 Å². The van der Waals surface area contributed by atoms with Gasteiger partial charge < -0.3 is 20.1 Å². The summed E-state index contributed by atoms with van der Waals surface area (Å²) in [5, 5.41) is 0. The fourth-order valence-electron chi connectivity index (χ4n) is 2.52. The number of amides is 1. The van der Waals surface area contributed by atoms with Gasteiger partial charge in [0.05, 0.1) is 19.3 Å². The molecule has 98 valence electrons. The molecule has 2 heterocycles. The minimum absolute atomic E-state index is 0.149. The monoisotopic (exact) mass is 242 g/mol. The van der Waals surface area contributed by atoms with Gasteiger partial charge in [0.25, 0.3) is 0 Å². The van der Waals surface area contributed by atoms with Crippen LogP contribution in [0.25, 0.3) is 0 Å². The molecule has 0 saturated carbocycles. The summed E-state index contributed by atoms with van der Waals surface area (Å²) in [5.74, 6) is 0.764. The van der Waals surface area contributed by atoms with E-state index in [1.54, 1.807) is 4.90 Å². The Morgan fingerprint density at radius 3 is 2.76 bits per heavy atom. The van der Waals surface area contributed by atoms with E-state index in [-0.39, 0.29) is 12.2 Å². The third-order valence-electron chi connectivity index (χ3n) is 3.39. The third-order valence-corrected chi connectivity index (χ3v) is 3.39. The lowest BCUT2D eigenvalue weighted by atomic mass is 9.93. The van der Waals surface area contributed by atoms with E-state index in [9.17, 15) is 4.79 Å². The zero-order valence-electron chi connectivity index (χ0n) is 10.8. The van der Waals surface area contributed by atoms with Crippen LogP contribution >= 0.6 is 0 Å². The second-order valence-corrected chi connectivity index (χ2v) is 5.92. The number of nitrogens with two attached hydrogens (primary N) is 1. The van der Waals surface area contributed by atoms with Crippen LogP contribution < -0.4 is 5.73 Å². The number of carbonyl (C=O) groups excluding carboxylic acids is 1. The van der Waals surface area contributed by atoms with Crippen molar-refractivity contribution in [2.75, 3.05) is 26.2 Å². The molecule has 2 fully saturated rings. The summed E-state index contributed by atoms with van der Waals surface area (Å²) < 4.78 is 11.0. The molecule has 2 N–H and O–H groups in total. The Morgan fingerprint density at radius 2 is 2.18 bits per heavy atom. The summed E-state index contributed by atoms with van der Waals surface area (Å²) in [5.41, 5.74) is 5.26. The zero-order valence-corrected chi connectivity index (χ0v) is 10.8. The number of hydrogen-bond donors (Lipinski definition) is 1. The van der Waals surface area contributed by atoms with Gasteiger partial charge in [0.15, 0.2) is 0 Å². The quantitative estimate of drug-likeness (QED) is 0.739. The maximum absolute atomic E-state index is 11.9. The summed E-state index contributed by atoms with van der Waals surface area (Å²) >= 11 is 0. The van der Waals surface area contributed by atoms with Crippen LogP contribution in [0.3, 0.4) is 0 Å². The van der Waals surface area contributed by atoms with E-state index in [1.165, 1.54) is 0 Å². The predicted octanol–water partition coefficient (Wildman–Crippen LogP) is 0.827. The van der Waals surface area contributed by atoms with Crippen LogP contribution in [0.4, 0.5) is 4.79 Å². The second kappa shape index (κ2) is 4.46. The molecule has 2 saturated heterocycles. The number of carbonyl (C=O) groups is 1. The molecule has 3 atom stereocenters. The lowest BCUT2D eigenvalue weighted by molar-refractivity contribution is 0.0224. The van der Waals surface area contributed by atoms with Crippen LogP contribution in [0.1, 0.15) is 20.8 Å². The maximum Gasteiger partial charge on any atom is 0.410 e. The number of fused-ring (bicyclic) bond motifs is 1. The molecule has 0 aromatic rings. The molecule has 5 heteroatoms. The Kier molecular flexibility index (Phi) is 3.32. The maximum atomic E-state index is 11.9. The number of likely N-dealkylation sites (tertiary alicyclic amines) is 1. The molecule has 2 aliphatic rings. The zero-order chi connectivity index (χ0) is 12.6. The van der Waals surface area contributed by atoms with E-state index in [2.05, 4.69) is 0 Å². The number of hydrogen-bond acceptors (Lipinski definition) is 4. The minimum atomic E-state index is -0.442. The normalized spacial score (nSPS) is 32.7. The van der Waals surface area contributed by atoms with Gasteiger partial charge in [0.1, 0.15) is 5.60 Å². The van der Waals surface area contributed by atoms with Gasteiger partial charge in [0.2, 0.25) is 0 Å². The average Bonchev–Trinajstić information content (AvgIpc) is 2.72. The molecule has 0 aromatic heterocycles. The van der Waals surface area contributed by atoms with Crippen LogP contribution in [-0.2, 0) is 9.47 Å². The van der Waals surface area contributed by atoms with Crippen LogP contribution in [0, 0.1) is 11.8 Å². The Bertz CT molecular complexity index is 301. The average molecular weight is 242 g/mol. The molecule has 0 unspecified atom stereocenters. The van der Waals surface area contributed by atoms with Gasteiger partial charge in [-0.2, -0.15) is 0 Å². The van der Waals surface area contributed by atoms with Crippen molar-refractivity contribution in [2.24, 2.45) is 17.6 Å². The van der Waals surface area contributed by atoms with Crippen molar-refractivity contribution in [1.82, 2.24) is 4.90 Å². The molecular weight excluding hydrogens is 220 g/mol. The molecule has 0 radical (unpaired) electrons. The topological polar surface area (TPSA) is 64.8 Å². The highest BCUT2D eigenvalue weighted by Crippen LogP contribution is 2.33. The molecule has 1 amide bonds. The number of rotatable bonds is 1. The second-order valence-electron chi connectivity index (χ2n) is 5.92. The third kappa shape index (κ3) is 2.72. The largest absolute Gasteiger partial charge is 0.444 e. The van der Waals surface area contributed by atoms with E-state index >= 15 is 0 Å². The molecule has 2 rings (SSSR count). The van der Waals surface area contributed by atoms with Gasteiger partial charge in [-0.05, 0) is 27.3 Å². The number of nitrogens with zero attached hydrogens (tertiary/aromatic N) is 1. The first-order valence-electron chi connectivity index (χ1n) is 6.20. The molecule has 2 aliphatic heterocycles. The van der Waals surface area contributed by atoms with Gasteiger partial charge in [-0.3, -0.25) is 0 Å². The molecular formula is C12H22N2O3. The van der Waals surface area contributed by atoms with Gasteiger partial charge >= 0.3 is 6.09 Å². The Morgan fingerprint density at radius 1 is 1.47 bits per heavy atom. The Labute approximate surface area is 102 Å². The van der Waals surface area contributed by atoms with Crippen molar-refractivity contribution in [3.05, 3.63) is 0 Å². The van der Waals surface area contributed by atoms with Gasteiger partial charge in [0, 0.05) is 18.4 Å². The molecule has 0 aromatic carbocycles. The first-order valence-corrected chi connectivity index (χ1v) is 6.20. The molecule has 0 aliphatic carbocycles. The van der Waals surface area contributed by atoms with Crippen molar-refractivity contribution >= 4 is 6.09 Å². The highest BCUT2D eigenvalue weighted by molar-refractivity contribution is 5.68. The standard InChI is InChI=1S/C12H22N2O3/c1-12(2,3)17-11(15)14-5-9-8(4-13)7-16-10(9)6-14/h8-10H,4-7,13H2,1-3H3/t8-,9+,10+/m0/s1. The van der Waals surface area contributed by atoms with Gasteiger partial charge in [-0.25, -0.2) is 4.79 Å². The smallest absolute Gasteiger partial charge is 0.410 e. The SMILES string of the molecule is CC(C)(C)OC(=O)N1C[C@@H]2[C@@H](CN)CO[C@@H]2C1. The minimum Gasteiger partial charge on any atom is -0.444 e. The highest BCUT2D eigenvalue weighted by atomic mass is 16.6. The fraction of sp³-hybridized carbons (Fsp3) is 0.917. The molecule has 0 bridgehead atoms. The first kappa shape index (κ1) is 12.6. The summed E-state index contributed by atoms with van der Waals surface area (Å²) in [6, 6.07) is 0. The Hall–Kier alpha value is -0.810. The first-order chi connectivity index (χ1) is 7.90. The fourth-order valence-corrected chi connectivity index (χ4v) is 2.52. The van der Waals surface area contributed by atoms with Crippen molar-refractivity contribution in [1.29, 1.82) is 0 Å². The van der Waals surface area contributed by atoms with Crippen molar-refractivity contribution in [3.63, 3.8) is 0 Å². The Balaban J connectivity index is 1.92. The lowest BCUT2D eigenvalue weighted by Gasteiger charge is -2.25. The highest BCUT2D eigenvalue weighted by Gasteiger charge is 2.45. The van der Waals surface area contributed by atoms with E-state index in [1.807, 2.05) is 20.8 Å². The summed E-state index contributed by atoms with van der Waals surface area (Å²) in [6.45, 7) is 8.33. The van der Waals surface area contributed by atoms with E-state index in [0.717, 1.165) is 6.61 Å². The van der Waals surface area contributed by atoms with Crippen LogP contribution in [0.2, 0.25) is 0 Å². The number of ether oxygens (including phenoxy) is 2. The van der Waals surface area contributed by atoms with Crippen molar-refractivity contribution in [3.8, 4) is 0 Å². The van der Waals surface area contributed by atoms with Crippen molar-refractivity contribution in [2.45, 2.75) is 32.5 Å². The van der Waals surface area contributed by atoms with Crippen LogP contribution in [0.5, 0.6) is 0 Å². The van der Waals surface area contributed by atoms with E-state index in [0.29, 0.717) is 31.5 Å². The lowest BCUT2D eigenvalue weighted by Crippen LogP contribution is -2.37. The van der Waals surface area contributed by atoms with Crippen molar-refractivity contribution < 1.29 is 14.3 Å². The van der Waals surface area contributed by atoms with E-state index in [4.69, 9.17) is 15.2 Å². The summed E-state index contributed by atoms with van der Waals surface area (Å²) in [4.78, 5) is 13.6. The molecule has 5 nitrogen and oxygen atoms in total. The summed E-state index contributed by atoms with van der Waals surface area (Å²) in [6.07, 6.45) is -0.0951. The van der Waals surface area contributed by atoms with E-state index < -0.39 is 5.60 Å². The van der Waals surface area contributed by atoms with Gasteiger partial charge in [-0.15, -0.1) is 0 Å². The molecule has 0 spiro atoms. The van der Waals surface area contributed by atoms with Crippen LogP contribution in [0.15, 0.2) is 0 Å². The predicted molar refractivity (Wildman–Crippen MR) is 63.6 cm³/mol. The van der Waals surface area contributed by atoms with Crippen LogP contribution in [-0.4, -0.2) is 48.9 Å².